The highest BCUT2D eigenvalue weighted by Crippen LogP contribution is 2.45. The van der Waals surface area contributed by atoms with Crippen molar-refractivity contribution in [1.82, 2.24) is 0 Å². The van der Waals surface area contributed by atoms with Gasteiger partial charge in [0.15, 0.2) is 0 Å². The molecule has 0 aliphatic heterocycles. The minimum absolute atomic E-state index is 0.271. The molecule has 6 heteroatoms. The van der Waals surface area contributed by atoms with Gasteiger partial charge in [-0.15, -0.1) is 0 Å². The molecule has 0 radical (unpaired) electrons. The Balaban J connectivity index is 5.91. The van der Waals surface area contributed by atoms with Crippen molar-refractivity contribution in [3.8, 4) is 0 Å². The van der Waals surface area contributed by atoms with Gasteiger partial charge in [-0.3, -0.25) is 0 Å². The highest BCUT2D eigenvalue weighted by molar-refractivity contribution is 6.83. The summed E-state index contributed by atoms with van der Waals surface area (Å²) >= 11 is 0. The number of hydrogen-bond donors (Lipinski definition) is 0. The first-order valence-corrected chi connectivity index (χ1v) is 14.1. The molecule has 0 aliphatic rings. The van der Waals surface area contributed by atoms with E-state index in [1.165, 1.54) is 12.2 Å². The molecule has 26 heavy (non-hydrogen) atoms. The highest BCUT2D eigenvalue weighted by Gasteiger charge is 2.51. The third-order valence-corrected chi connectivity index (χ3v) is 17.3. The maximum atomic E-state index is 12.1. The van der Waals surface area contributed by atoms with Gasteiger partial charge >= 0.3 is 11.9 Å². The molecule has 0 aromatic carbocycles. The molecule has 0 unspecified atom stereocenters. The van der Waals surface area contributed by atoms with Crippen LogP contribution in [0.3, 0.4) is 0 Å². The summed E-state index contributed by atoms with van der Waals surface area (Å²) in [5.74, 6) is -0.688. The standard InChI is InChI=1S/C20H38O4Si2/c1-11-19(21)23-25(15(3)4,16(5)6)13-14-26(17(7)8,18(9)10)24-20(22)12-2/h11-12,15-18H,1-2,13-14H2,3-10H3. The molecule has 0 aromatic heterocycles. The van der Waals surface area contributed by atoms with Gasteiger partial charge in [0, 0.05) is 12.2 Å². The zero-order valence-corrected chi connectivity index (χ0v) is 19.9. The second-order valence-electron chi connectivity index (χ2n) is 8.28. The second-order valence-corrected chi connectivity index (χ2v) is 18.1. The van der Waals surface area contributed by atoms with Crippen molar-refractivity contribution in [2.45, 2.75) is 89.6 Å². The van der Waals surface area contributed by atoms with Crippen molar-refractivity contribution in [2.24, 2.45) is 0 Å². The number of hydrogen-bond acceptors (Lipinski definition) is 4. The first kappa shape index (κ1) is 24.9. The number of carbonyl (C=O) groups is 2. The van der Waals surface area contributed by atoms with Crippen LogP contribution in [-0.4, -0.2) is 28.6 Å². The van der Waals surface area contributed by atoms with E-state index >= 15 is 0 Å². The molecule has 0 aromatic rings. The van der Waals surface area contributed by atoms with E-state index in [1.54, 1.807) is 0 Å². The van der Waals surface area contributed by atoms with Gasteiger partial charge in [-0.25, -0.2) is 9.59 Å². The van der Waals surface area contributed by atoms with Crippen molar-refractivity contribution >= 4 is 28.6 Å². The van der Waals surface area contributed by atoms with Gasteiger partial charge in [0.2, 0.25) is 0 Å². The Morgan fingerprint density at radius 1 is 0.692 bits per heavy atom. The van der Waals surface area contributed by atoms with E-state index in [1.807, 2.05) is 0 Å². The maximum Gasteiger partial charge on any atom is 0.316 e. The summed E-state index contributed by atoms with van der Waals surface area (Å²) in [5, 5.41) is 0. The normalized spacial score (nSPS) is 12.6. The van der Waals surface area contributed by atoms with Crippen LogP contribution in [-0.2, 0) is 18.4 Å². The largest absolute Gasteiger partial charge is 0.516 e. The molecule has 0 amide bonds. The molecule has 0 spiro atoms. The summed E-state index contributed by atoms with van der Waals surface area (Å²) < 4.78 is 12.1. The van der Waals surface area contributed by atoms with E-state index < -0.39 is 16.6 Å². The lowest BCUT2D eigenvalue weighted by Crippen LogP contribution is -2.51. The monoisotopic (exact) mass is 398 g/mol. The number of carbonyl (C=O) groups excluding carboxylic acids is 2. The Morgan fingerprint density at radius 2 is 0.923 bits per heavy atom. The third-order valence-electron chi connectivity index (χ3n) is 5.73. The molecule has 0 atom stereocenters. The van der Waals surface area contributed by atoms with Crippen LogP contribution in [0.15, 0.2) is 25.3 Å². The van der Waals surface area contributed by atoms with Crippen LogP contribution in [0.25, 0.3) is 0 Å². The van der Waals surface area contributed by atoms with Crippen molar-refractivity contribution in [3.63, 3.8) is 0 Å². The summed E-state index contributed by atoms with van der Waals surface area (Å²) in [7, 11) is -4.80. The highest BCUT2D eigenvalue weighted by atomic mass is 28.4. The molecular weight excluding hydrogens is 360 g/mol. The summed E-state index contributed by atoms with van der Waals surface area (Å²) in [5.41, 5.74) is 1.08. The predicted octanol–water partition coefficient (Wildman–Crippen LogP) is 5.98. The topological polar surface area (TPSA) is 52.6 Å². The Bertz CT molecular complexity index is 448. The second kappa shape index (κ2) is 10.3. The number of rotatable bonds is 11. The van der Waals surface area contributed by atoms with Crippen LogP contribution in [0.4, 0.5) is 0 Å². The van der Waals surface area contributed by atoms with E-state index in [2.05, 4.69) is 68.5 Å². The summed E-state index contributed by atoms with van der Waals surface area (Å²) in [6.07, 6.45) is 2.50. The molecule has 150 valence electrons. The quantitative estimate of drug-likeness (QED) is 0.317. The van der Waals surface area contributed by atoms with Gasteiger partial charge in [0.05, 0.1) is 0 Å². The zero-order valence-electron chi connectivity index (χ0n) is 17.9. The zero-order chi connectivity index (χ0) is 20.7. The molecule has 0 fully saturated rings. The summed E-state index contributed by atoms with van der Waals surface area (Å²) in [6.45, 7) is 24.2. The van der Waals surface area contributed by atoms with Crippen molar-refractivity contribution in [1.29, 1.82) is 0 Å². The lowest BCUT2D eigenvalue weighted by molar-refractivity contribution is -0.131. The van der Waals surface area contributed by atoms with E-state index in [4.69, 9.17) is 8.85 Å². The fraction of sp³-hybridized carbons (Fsp3) is 0.700. The van der Waals surface area contributed by atoms with Gasteiger partial charge in [-0.05, 0) is 34.3 Å². The summed E-state index contributed by atoms with van der Waals surface area (Å²) in [6, 6.07) is 1.60. The lowest BCUT2D eigenvalue weighted by atomic mass is 10.5. The minimum atomic E-state index is -2.40. The molecule has 0 aliphatic carbocycles. The van der Waals surface area contributed by atoms with Crippen molar-refractivity contribution in [2.75, 3.05) is 0 Å². The minimum Gasteiger partial charge on any atom is -0.516 e. The molecule has 4 nitrogen and oxygen atoms in total. The van der Waals surface area contributed by atoms with Gasteiger partial charge in [0.25, 0.3) is 16.6 Å². The average molecular weight is 399 g/mol. The molecule has 0 saturated heterocycles. The summed E-state index contributed by atoms with van der Waals surface area (Å²) in [4.78, 5) is 24.1. The van der Waals surface area contributed by atoms with E-state index in [9.17, 15) is 9.59 Å². The predicted molar refractivity (Wildman–Crippen MR) is 114 cm³/mol. The fourth-order valence-corrected chi connectivity index (χ4v) is 14.1. The molecule has 0 saturated carbocycles. The molecule has 0 rings (SSSR count). The molecule has 0 bridgehead atoms. The Kier molecular flexibility index (Phi) is 9.80. The fourth-order valence-electron chi connectivity index (χ4n) is 3.91. The van der Waals surface area contributed by atoms with Crippen LogP contribution in [0.5, 0.6) is 0 Å². The maximum absolute atomic E-state index is 12.1. The van der Waals surface area contributed by atoms with Gasteiger partial charge in [-0.1, -0.05) is 68.5 Å². The van der Waals surface area contributed by atoms with Crippen LogP contribution in [0.2, 0.25) is 34.3 Å². The van der Waals surface area contributed by atoms with E-state index in [0.717, 1.165) is 12.1 Å². The Labute approximate surface area is 162 Å². The Hall–Kier alpha value is -1.15. The first-order chi connectivity index (χ1) is 11.9. The van der Waals surface area contributed by atoms with Gasteiger partial charge < -0.3 is 8.85 Å². The third kappa shape index (κ3) is 5.68. The molecular formula is C20H38O4Si2. The first-order valence-electron chi connectivity index (χ1n) is 9.60. The lowest BCUT2D eigenvalue weighted by Gasteiger charge is -2.43. The van der Waals surface area contributed by atoms with Crippen LogP contribution in [0, 0.1) is 0 Å². The van der Waals surface area contributed by atoms with Gasteiger partial charge in [0.1, 0.15) is 0 Å². The SMILES string of the molecule is C=CC(=O)O[Si](CC[Si](OC(=O)C=C)(C(C)C)C(C)C)(C(C)C)C(C)C. The molecule has 0 heterocycles. The van der Waals surface area contributed by atoms with Crippen LogP contribution >= 0.6 is 0 Å². The van der Waals surface area contributed by atoms with E-state index in [-0.39, 0.29) is 34.1 Å². The van der Waals surface area contributed by atoms with Gasteiger partial charge in [-0.2, -0.15) is 0 Å². The van der Waals surface area contributed by atoms with Crippen LogP contribution < -0.4 is 0 Å². The van der Waals surface area contributed by atoms with Crippen molar-refractivity contribution in [3.05, 3.63) is 25.3 Å². The average Bonchev–Trinajstić information content (AvgIpc) is 2.55. The molecule has 0 N–H and O–H groups in total. The smallest absolute Gasteiger partial charge is 0.316 e. The van der Waals surface area contributed by atoms with Crippen molar-refractivity contribution < 1.29 is 18.4 Å². The van der Waals surface area contributed by atoms with E-state index in [0.29, 0.717) is 0 Å². The van der Waals surface area contributed by atoms with Crippen LogP contribution in [0.1, 0.15) is 55.4 Å². The Morgan fingerprint density at radius 3 is 1.08 bits per heavy atom.